The number of carbonyl (C=O) groups excluding carboxylic acids is 2. The third kappa shape index (κ3) is 6.73. The molecule has 152 valence electrons. The maximum atomic E-state index is 12.8. The van der Waals surface area contributed by atoms with Crippen molar-refractivity contribution in [2.45, 2.75) is 19.3 Å². The van der Waals surface area contributed by atoms with Crippen molar-refractivity contribution in [3.8, 4) is 0 Å². The van der Waals surface area contributed by atoms with E-state index >= 15 is 0 Å². The fourth-order valence-electron chi connectivity index (χ4n) is 2.74. The van der Waals surface area contributed by atoms with Crippen molar-refractivity contribution in [2.24, 2.45) is 0 Å². The van der Waals surface area contributed by atoms with Crippen LogP contribution in [0.3, 0.4) is 0 Å². The van der Waals surface area contributed by atoms with Gasteiger partial charge in [-0.15, -0.1) is 0 Å². The van der Waals surface area contributed by atoms with Crippen LogP contribution in [0.5, 0.6) is 0 Å². The summed E-state index contributed by atoms with van der Waals surface area (Å²) >= 11 is 0. The van der Waals surface area contributed by atoms with E-state index in [4.69, 9.17) is 4.42 Å². The molecule has 28 heavy (non-hydrogen) atoms. The van der Waals surface area contributed by atoms with E-state index in [-0.39, 0.29) is 19.0 Å². The maximum absolute atomic E-state index is 12.8. The third-order valence-electron chi connectivity index (χ3n) is 4.05. The van der Waals surface area contributed by atoms with Gasteiger partial charge >= 0.3 is 6.18 Å². The van der Waals surface area contributed by atoms with E-state index in [1.807, 2.05) is 0 Å². The average Bonchev–Trinajstić information content (AvgIpc) is 3.13. The number of furan rings is 1. The number of alkyl halides is 3. The van der Waals surface area contributed by atoms with Crippen LogP contribution in [0.2, 0.25) is 0 Å². The number of hydrogen-bond donors (Lipinski definition) is 2. The van der Waals surface area contributed by atoms with Gasteiger partial charge in [-0.1, -0.05) is 12.1 Å². The molecule has 0 aliphatic heterocycles. The van der Waals surface area contributed by atoms with Crippen molar-refractivity contribution in [3.05, 3.63) is 59.5 Å². The molecule has 0 fully saturated rings. The van der Waals surface area contributed by atoms with Crippen LogP contribution in [-0.4, -0.2) is 50.1 Å². The number of hydrogen-bond acceptors (Lipinski definition) is 3. The van der Waals surface area contributed by atoms with Crippen LogP contribution in [0.4, 0.5) is 13.2 Å². The van der Waals surface area contributed by atoms with Gasteiger partial charge in [0.1, 0.15) is 18.8 Å². The van der Waals surface area contributed by atoms with Gasteiger partial charge in [0, 0.05) is 18.2 Å². The first-order valence-electron chi connectivity index (χ1n) is 8.67. The molecular formula is C19H23F3N3O3+. The SMILES string of the molecule is CNC(=O)c1ccc(C[NH+](C)CC(=O)N(Cc2ccco2)CC(F)(F)F)cc1. The van der Waals surface area contributed by atoms with Crippen LogP contribution in [0.1, 0.15) is 21.7 Å². The number of likely N-dealkylation sites (N-methyl/N-ethyl adjacent to an activating group) is 1. The topological polar surface area (TPSA) is 67.0 Å². The number of nitrogens with one attached hydrogen (secondary N) is 2. The fourth-order valence-corrected chi connectivity index (χ4v) is 2.74. The Hall–Kier alpha value is -2.81. The molecule has 9 heteroatoms. The van der Waals surface area contributed by atoms with Gasteiger partial charge in [0.25, 0.3) is 11.8 Å². The normalized spacial score (nSPS) is 12.5. The Kier molecular flexibility index (Phi) is 7.22. The van der Waals surface area contributed by atoms with Gasteiger partial charge in [0.15, 0.2) is 6.54 Å². The molecule has 2 amide bonds. The van der Waals surface area contributed by atoms with Gasteiger partial charge < -0.3 is 19.5 Å². The zero-order valence-electron chi connectivity index (χ0n) is 15.7. The quantitative estimate of drug-likeness (QED) is 0.703. The van der Waals surface area contributed by atoms with E-state index in [2.05, 4.69) is 5.32 Å². The van der Waals surface area contributed by atoms with Crippen molar-refractivity contribution in [2.75, 3.05) is 27.2 Å². The monoisotopic (exact) mass is 398 g/mol. The molecule has 0 spiro atoms. The summed E-state index contributed by atoms with van der Waals surface area (Å²) in [5.41, 5.74) is 1.38. The molecular weight excluding hydrogens is 375 g/mol. The lowest BCUT2D eigenvalue weighted by Crippen LogP contribution is -3.08. The van der Waals surface area contributed by atoms with Crippen LogP contribution in [-0.2, 0) is 17.9 Å². The predicted molar refractivity (Wildman–Crippen MR) is 95.5 cm³/mol. The third-order valence-corrected chi connectivity index (χ3v) is 4.05. The first-order valence-corrected chi connectivity index (χ1v) is 8.67. The van der Waals surface area contributed by atoms with Crippen molar-refractivity contribution in [1.82, 2.24) is 10.2 Å². The van der Waals surface area contributed by atoms with E-state index in [0.717, 1.165) is 15.4 Å². The van der Waals surface area contributed by atoms with Gasteiger partial charge in [-0.3, -0.25) is 9.59 Å². The van der Waals surface area contributed by atoms with E-state index in [0.29, 0.717) is 17.9 Å². The number of nitrogens with zero attached hydrogens (tertiary/aromatic N) is 1. The predicted octanol–water partition coefficient (Wildman–Crippen LogP) is 1.24. The molecule has 2 N–H and O–H groups in total. The molecule has 1 aromatic carbocycles. The van der Waals surface area contributed by atoms with Crippen molar-refractivity contribution >= 4 is 11.8 Å². The molecule has 0 aliphatic rings. The van der Waals surface area contributed by atoms with Crippen molar-refractivity contribution in [1.29, 1.82) is 0 Å². The minimum absolute atomic E-state index is 0.103. The highest BCUT2D eigenvalue weighted by Gasteiger charge is 2.34. The average molecular weight is 398 g/mol. The Morgan fingerprint density at radius 1 is 1.18 bits per heavy atom. The summed E-state index contributed by atoms with van der Waals surface area (Å²) in [6, 6.07) is 9.93. The van der Waals surface area contributed by atoms with Crippen LogP contribution >= 0.6 is 0 Å². The molecule has 0 bridgehead atoms. The molecule has 0 aliphatic carbocycles. The summed E-state index contributed by atoms with van der Waals surface area (Å²) in [7, 11) is 3.26. The van der Waals surface area contributed by atoms with Gasteiger partial charge in [0.05, 0.1) is 19.9 Å². The number of carbonyl (C=O) groups is 2. The summed E-state index contributed by atoms with van der Waals surface area (Å²) in [5.74, 6) is -0.531. The summed E-state index contributed by atoms with van der Waals surface area (Å²) < 4.78 is 43.6. The second-order valence-corrected chi connectivity index (χ2v) is 6.53. The minimum atomic E-state index is -4.49. The molecule has 6 nitrogen and oxygen atoms in total. The summed E-state index contributed by atoms with van der Waals surface area (Å²) in [5, 5.41) is 2.52. The Morgan fingerprint density at radius 3 is 2.39 bits per heavy atom. The molecule has 0 saturated heterocycles. The number of halogens is 3. The fraction of sp³-hybridized carbons (Fsp3) is 0.368. The Labute approximate surface area is 160 Å². The summed E-state index contributed by atoms with van der Waals surface area (Å²) in [6.07, 6.45) is -3.14. The number of quaternary nitrogens is 1. The van der Waals surface area contributed by atoms with Crippen LogP contribution < -0.4 is 10.2 Å². The van der Waals surface area contributed by atoms with Crippen LogP contribution in [0.25, 0.3) is 0 Å². The Morgan fingerprint density at radius 2 is 1.86 bits per heavy atom. The summed E-state index contributed by atoms with van der Waals surface area (Å²) in [4.78, 5) is 25.5. The Bertz CT molecular complexity index is 774. The Balaban J connectivity index is 1.98. The zero-order chi connectivity index (χ0) is 20.7. The largest absolute Gasteiger partial charge is 0.467 e. The molecule has 1 heterocycles. The molecule has 1 aromatic heterocycles. The highest BCUT2D eigenvalue weighted by Crippen LogP contribution is 2.18. The minimum Gasteiger partial charge on any atom is -0.467 e. The number of rotatable bonds is 8. The van der Waals surface area contributed by atoms with Crippen molar-refractivity contribution in [3.63, 3.8) is 0 Å². The van der Waals surface area contributed by atoms with Gasteiger partial charge in [0.2, 0.25) is 0 Å². The maximum Gasteiger partial charge on any atom is 0.406 e. The molecule has 2 rings (SSSR count). The first-order chi connectivity index (χ1) is 13.2. The first kappa shape index (κ1) is 21.5. The van der Waals surface area contributed by atoms with Crippen LogP contribution in [0, 0.1) is 0 Å². The van der Waals surface area contributed by atoms with E-state index < -0.39 is 18.6 Å². The standard InChI is InChI=1S/C19H22F3N3O3/c1-23-18(27)15-7-5-14(6-8-15)10-24(2)12-17(26)25(13-19(20,21)22)11-16-4-3-9-28-16/h3-9H,10-13H2,1-2H3,(H,23,27)/p+1. The number of benzene rings is 1. The molecule has 1 atom stereocenters. The van der Waals surface area contributed by atoms with E-state index in [1.54, 1.807) is 37.4 Å². The lowest BCUT2D eigenvalue weighted by Gasteiger charge is -2.24. The van der Waals surface area contributed by atoms with Crippen molar-refractivity contribution < 1.29 is 32.1 Å². The van der Waals surface area contributed by atoms with E-state index in [1.165, 1.54) is 19.4 Å². The van der Waals surface area contributed by atoms with Crippen LogP contribution in [0.15, 0.2) is 47.1 Å². The summed E-state index contributed by atoms with van der Waals surface area (Å²) in [6.45, 7) is -1.24. The van der Waals surface area contributed by atoms with Gasteiger partial charge in [-0.05, 0) is 24.3 Å². The lowest BCUT2D eigenvalue weighted by atomic mass is 10.1. The molecule has 1 unspecified atom stereocenters. The van der Waals surface area contributed by atoms with E-state index in [9.17, 15) is 22.8 Å². The zero-order valence-corrected chi connectivity index (χ0v) is 15.7. The highest BCUT2D eigenvalue weighted by atomic mass is 19.4. The number of amides is 2. The van der Waals surface area contributed by atoms with Gasteiger partial charge in [-0.2, -0.15) is 13.2 Å². The molecule has 2 aromatic rings. The second kappa shape index (κ2) is 9.41. The lowest BCUT2D eigenvalue weighted by molar-refractivity contribution is -0.885. The smallest absolute Gasteiger partial charge is 0.406 e. The second-order valence-electron chi connectivity index (χ2n) is 6.53. The molecule has 0 radical (unpaired) electrons. The molecule has 0 saturated carbocycles. The van der Waals surface area contributed by atoms with Gasteiger partial charge in [-0.25, -0.2) is 0 Å². The highest BCUT2D eigenvalue weighted by molar-refractivity contribution is 5.93.